The van der Waals surface area contributed by atoms with E-state index in [1.807, 2.05) is 0 Å². The first-order valence-electron chi connectivity index (χ1n) is 6.33. The van der Waals surface area contributed by atoms with Crippen LogP contribution >= 0.6 is 11.6 Å². The van der Waals surface area contributed by atoms with Crippen molar-refractivity contribution in [1.82, 2.24) is 9.97 Å². The molecule has 2 rings (SSSR count). The molecule has 19 heavy (non-hydrogen) atoms. The van der Waals surface area contributed by atoms with Crippen LogP contribution in [0.2, 0.25) is 5.02 Å². The molecule has 1 aromatic heterocycles. The predicted octanol–water partition coefficient (Wildman–Crippen LogP) is 1.26. The quantitative estimate of drug-likeness (QED) is 0.869. The van der Waals surface area contributed by atoms with Gasteiger partial charge in [-0.1, -0.05) is 11.6 Å². The van der Waals surface area contributed by atoms with Crippen LogP contribution in [0.5, 0.6) is 0 Å². The standard InChI is InChI=1S/C12H18ClN5O/c1-15-12-16-7-9(13)11(17-12)18-4-2-8(3-5-18)6-10(14)19/h7-8H,2-6H2,1H3,(H2,14,19)(H,15,16,17). The first-order valence-corrected chi connectivity index (χ1v) is 6.71. The van der Waals surface area contributed by atoms with Gasteiger partial charge in [0.25, 0.3) is 0 Å². The highest BCUT2D eigenvalue weighted by Gasteiger charge is 2.23. The third-order valence-electron chi connectivity index (χ3n) is 3.35. The summed E-state index contributed by atoms with van der Waals surface area (Å²) in [5.41, 5.74) is 5.23. The van der Waals surface area contributed by atoms with Crippen molar-refractivity contribution in [3.05, 3.63) is 11.2 Å². The molecule has 7 heteroatoms. The fourth-order valence-corrected chi connectivity index (χ4v) is 2.54. The number of nitrogens with two attached hydrogens (primary N) is 1. The number of hydrogen-bond donors (Lipinski definition) is 2. The molecule has 2 heterocycles. The molecular weight excluding hydrogens is 266 g/mol. The fourth-order valence-electron chi connectivity index (χ4n) is 2.33. The van der Waals surface area contributed by atoms with Crippen LogP contribution in [0.4, 0.5) is 11.8 Å². The Morgan fingerprint density at radius 3 is 2.84 bits per heavy atom. The monoisotopic (exact) mass is 283 g/mol. The van der Waals surface area contributed by atoms with Crippen molar-refractivity contribution in [2.24, 2.45) is 11.7 Å². The highest BCUT2D eigenvalue weighted by Crippen LogP contribution is 2.29. The van der Waals surface area contributed by atoms with Gasteiger partial charge >= 0.3 is 0 Å². The summed E-state index contributed by atoms with van der Waals surface area (Å²) in [5.74, 6) is 1.45. The number of anilines is 2. The van der Waals surface area contributed by atoms with E-state index in [0.29, 0.717) is 23.3 Å². The number of carbonyl (C=O) groups is 1. The lowest BCUT2D eigenvalue weighted by atomic mass is 9.93. The van der Waals surface area contributed by atoms with E-state index >= 15 is 0 Å². The van der Waals surface area contributed by atoms with E-state index in [0.717, 1.165) is 31.7 Å². The molecular formula is C12H18ClN5O. The molecule has 0 aliphatic carbocycles. The second-order valence-corrected chi connectivity index (χ2v) is 5.12. The number of nitrogens with zero attached hydrogens (tertiary/aromatic N) is 3. The Bertz CT molecular complexity index is 459. The normalized spacial score (nSPS) is 16.4. The Balaban J connectivity index is 2.03. The summed E-state index contributed by atoms with van der Waals surface area (Å²) in [7, 11) is 1.77. The van der Waals surface area contributed by atoms with Gasteiger partial charge in [-0.25, -0.2) is 4.98 Å². The van der Waals surface area contributed by atoms with Gasteiger partial charge in [0.15, 0.2) is 5.82 Å². The molecule has 0 radical (unpaired) electrons. The maximum Gasteiger partial charge on any atom is 0.224 e. The molecule has 0 spiro atoms. The molecule has 0 aromatic carbocycles. The topological polar surface area (TPSA) is 84.1 Å². The maximum absolute atomic E-state index is 10.9. The van der Waals surface area contributed by atoms with E-state index < -0.39 is 0 Å². The summed E-state index contributed by atoms with van der Waals surface area (Å²) >= 11 is 6.14. The summed E-state index contributed by atoms with van der Waals surface area (Å²) in [6.07, 6.45) is 3.93. The van der Waals surface area contributed by atoms with Crippen LogP contribution in [0.25, 0.3) is 0 Å². The number of primary amides is 1. The number of hydrogen-bond acceptors (Lipinski definition) is 5. The van der Waals surface area contributed by atoms with Crippen molar-refractivity contribution in [2.45, 2.75) is 19.3 Å². The van der Waals surface area contributed by atoms with Gasteiger partial charge in [-0.15, -0.1) is 0 Å². The highest BCUT2D eigenvalue weighted by molar-refractivity contribution is 6.32. The number of aromatic nitrogens is 2. The molecule has 3 N–H and O–H groups in total. The van der Waals surface area contributed by atoms with Crippen molar-refractivity contribution in [3.63, 3.8) is 0 Å². The molecule has 1 aliphatic rings. The molecule has 1 amide bonds. The van der Waals surface area contributed by atoms with E-state index in [-0.39, 0.29) is 5.91 Å². The minimum atomic E-state index is -0.226. The van der Waals surface area contributed by atoms with E-state index in [1.54, 1.807) is 13.2 Å². The molecule has 1 aromatic rings. The molecule has 1 saturated heterocycles. The third-order valence-corrected chi connectivity index (χ3v) is 3.62. The zero-order chi connectivity index (χ0) is 13.8. The minimum Gasteiger partial charge on any atom is -0.370 e. The van der Waals surface area contributed by atoms with Crippen LogP contribution in [-0.4, -0.2) is 36.0 Å². The molecule has 0 atom stereocenters. The van der Waals surface area contributed by atoms with Crippen molar-refractivity contribution in [3.8, 4) is 0 Å². The number of carbonyl (C=O) groups excluding carboxylic acids is 1. The fraction of sp³-hybridized carbons (Fsp3) is 0.583. The number of halogens is 1. The predicted molar refractivity (Wildman–Crippen MR) is 75.3 cm³/mol. The van der Waals surface area contributed by atoms with Gasteiger partial charge in [0, 0.05) is 26.6 Å². The van der Waals surface area contributed by atoms with E-state index in [2.05, 4.69) is 20.2 Å². The van der Waals surface area contributed by atoms with E-state index in [1.165, 1.54) is 0 Å². The Labute approximate surface area is 117 Å². The van der Waals surface area contributed by atoms with Crippen LogP contribution in [0.3, 0.4) is 0 Å². The smallest absolute Gasteiger partial charge is 0.224 e. The van der Waals surface area contributed by atoms with Crippen molar-refractivity contribution < 1.29 is 4.79 Å². The second-order valence-electron chi connectivity index (χ2n) is 4.72. The lowest BCUT2D eigenvalue weighted by molar-refractivity contribution is -0.119. The van der Waals surface area contributed by atoms with Gasteiger partial charge in [0.2, 0.25) is 11.9 Å². The first-order chi connectivity index (χ1) is 9.10. The van der Waals surface area contributed by atoms with Gasteiger partial charge < -0.3 is 16.0 Å². The van der Waals surface area contributed by atoms with Gasteiger partial charge in [0.05, 0.1) is 6.20 Å². The highest BCUT2D eigenvalue weighted by atomic mass is 35.5. The SMILES string of the molecule is CNc1ncc(Cl)c(N2CCC(CC(N)=O)CC2)n1. The molecule has 0 bridgehead atoms. The Morgan fingerprint density at radius 2 is 2.26 bits per heavy atom. The summed E-state index contributed by atoms with van der Waals surface area (Å²) in [6.45, 7) is 1.66. The largest absolute Gasteiger partial charge is 0.370 e. The zero-order valence-corrected chi connectivity index (χ0v) is 11.7. The van der Waals surface area contributed by atoms with Crippen LogP contribution in [0.15, 0.2) is 6.20 Å². The summed E-state index contributed by atoms with van der Waals surface area (Å²) in [4.78, 5) is 21.5. The molecule has 1 fully saturated rings. The Kier molecular flexibility index (Phi) is 4.42. The first kappa shape index (κ1) is 13.9. The van der Waals surface area contributed by atoms with Gasteiger partial charge in [0.1, 0.15) is 5.02 Å². The molecule has 0 saturated carbocycles. The van der Waals surface area contributed by atoms with Gasteiger partial charge in [-0.05, 0) is 18.8 Å². The molecule has 0 unspecified atom stereocenters. The Hall–Kier alpha value is -1.56. The molecule has 1 aliphatic heterocycles. The van der Waals surface area contributed by atoms with Crippen LogP contribution in [0.1, 0.15) is 19.3 Å². The number of rotatable bonds is 4. The number of piperidine rings is 1. The van der Waals surface area contributed by atoms with Crippen LogP contribution in [-0.2, 0) is 4.79 Å². The van der Waals surface area contributed by atoms with Crippen LogP contribution in [0, 0.1) is 5.92 Å². The maximum atomic E-state index is 10.9. The van der Waals surface area contributed by atoms with E-state index in [4.69, 9.17) is 17.3 Å². The van der Waals surface area contributed by atoms with Gasteiger partial charge in [-0.2, -0.15) is 4.98 Å². The third kappa shape index (κ3) is 3.47. The molecule has 6 nitrogen and oxygen atoms in total. The van der Waals surface area contributed by atoms with Gasteiger partial charge in [-0.3, -0.25) is 4.79 Å². The number of amides is 1. The second kappa shape index (κ2) is 6.06. The van der Waals surface area contributed by atoms with Crippen molar-refractivity contribution in [2.75, 3.05) is 30.4 Å². The summed E-state index contributed by atoms with van der Waals surface area (Å²) in [6, 6.07) is 0. The van der Waals surface area contributed by atoms with Crippen LogP contribution < -0.4 is 16.0 Å². The average Bonchev–Trinajstić information content (AvgIpc) is 2.40. The average molecular weight is 284 g/mol. The van der Waals surface area contributed by atoms with Crippen molar-refractivity contribution in [1.29, 1.82) is 0 Å². The lowest BCUT2D eigenvalue weighted by Crippen LogP contribution is -2.35. The minimum absolute atomic E-state index is 0.226. The van der Waals surface area contributed by atoms with Crippen molar-refractivity contribution >= 4 is 29.3 Å². The summed E-state index contributed by atoms with van der Waals surface area (Å²) < 4.78 is 0. The number of nitrogens with one attached hydrogen (secondary N) is 1. The zero-order valence-electron chi connectivity index (χ0n) is 10.9. The summed E-state index contributed by atoms with van der Waals surface area (Å²) in [5, 5.41) is 3.45. The molecule has 104 valence electrons. The Morgan fingerprint density at radius 1 is 1.58 bits per heavy atom. The lowest BCUT2D eigenvalue weighted by Gasteiger charge is -2.32. The van der Waals surface area contributed by atoms with E-state index in [9.17, 15) is 4.79 Å².